The number of nitrogens with one attached hydrogen (secondary N) is 1. The van der Waals surface area contributed by atoms with E-state index in [0.717, 1.165) is 16.7 Å². The smallest absolute Gasteiger partial charge is 0.308 e. The number of hydrogen-bond donors (Lipinski definition) is 1. The van der Waals surface area contributed by atoms with E-state index in [-0.39, 0.29) is 18.9 Å². The second kappa shape index (κ2) is 11.3. The van der Waals surface area contributed by atoms with Gasteiger partial charge in [0.15, 0.2) is 0 Å². The molecule has 1 unspecified atom stereocenters. The van der Waals surface area contributed by atoms with E-state index in [2.05, 4.69) is 15.5 Å². The van der Waals surface area contributed by atoms with Gasteiger partial charge in [-0.1, -0.05) is 29.8 Å². The molecule has 4 aromatic rings. The van der Waals surface area contributed by atoms with Gasteiger partial charge >= 0.3 is 5.97 Å². The molecule has 0 aliphatic rings. The zero-order valence-electron chi connectivity index (χ0n) is 20.4. The number of amides is 1. The molecular weight excluding hydrogens is 458 g/mol. The van der Waals surface area contributed by atoms with Gasteiger partial charge in [-0.25, -0.2) is 0 Å². The van der Waals surface area contributed by atoms with Gasteiger partial charge < -0.3 is 19.2 Å². The van der Waals surface area contributed by atoms with Gasteiger partial charge in [-0.3, -0.25) is 9.59 Å². The van der Waals surface area contributed by atoms with Crippen molar-refractivity contribution in [3.05, 3.63) is 89.5 Å². The van der Waals surface area contributed by atoms with E-state index in [1.165, 1.54) is 0 Å². The summed E-state index contributed by atoms with van der Waals surface area (Å²) in [5.41, 5.74) is 3.79. The molecule has 36 heavy (non-hydrogen) atoms. The third-order valence-corrected chi connectivity index (χ3v) is 5.56. The maximum absolute atomic E-state index is 13.0. The van der Waals surface area contributed by atoms with Crippen molar-refractivity contribution in [3.8, 4) is 28.7 Å². The van der Waals surface area contributed by atoms with Crippen LogP contribution in [0.5, 0.6) is 5.75 Å². The highest BCUT2D eigenvalue weighted by Crippen LogP contribution is 2.26. The van der Waals surface area contributed by atoms with E-state index in [1.807, 2.05) is 43.3 Å². The van der Waals surface area contributed by atoms with Crippen LogP contribution in [0.25, 0.3) is 22.9 Å². The Morgan fingerprint density at radius 3 is 2.36 bits per heavy atom. The molecule has 1 heterocycles. The topological polar surface area (TPSA) is 104 Å². The Hall–Kier alpha value is -4.46. The predicted molar refractivity (Wildman–Crippen MR) is 134 cm³/mol. The molecule has 3 aromatic carbocycles. The van der Waals surface area contributed by atoms with Crippen LogP contribution < -0.4 is 10.1 Å². The first-order valence-electron chi connectivity index (χ1n) is 11.6. The molecule has 0 saturated carbocycles. The maximum atomic E-state index is 13.0. The molecule has 8 heteroatoms. The highest BCUT2D eigenvalue weighted by Gasteiger charge is 2.21. The molecule has 8 nitrogen and oxygen atoms in total. The van der Waals surface area contributed by atoms with Gasteiger partial charge in [0.2, 0.25) is 11.8 Å². The van der Waals surface area contributed by atoms with Gasteiger partial charge in [-0.05, 0) is 67.9 Å². The highest BCUT2D eigenvalue weighted by atomic mass is 16.5. The van der Waals surface area contributed by atoms with Crippen LogP contribution in [0, 0.1) is 6.92 Å². The standard InChI is InChI=1S/C28H27N3O5/c1-4-35-25(32)17-24(21-8-6-10-23(16-21)34-3)29-26(33)19-11-13-20(14-12-19)27-30-31-28(36-27)22-9-5-7-18(2)15-22/h5-16,24H,4,17H2,1-3H3,(H,29,33). The number of esters is 1. The number of ether oxygens (including phenoxy) is 2. The minimum Gasteiger partial charge on any atom is -0.497 e. The van der Waals surface area contributed by atoms with Crippen molar-refractivity contribution in [1.29, 1.82) is 0 Å². The SMILES string of the molecule is CCOC(=O)CC(NC(=O)c1ccc(-c2nnc(-c3cccc(C)c3)o2)cc1)c1cccc(OC)c1. The fourth-order valence-corrected chi connectivity index (χ4v) is 3.74. The minimum absolute atomic E-state index is 0.00540. The number of carbonyl (C=O) groups is 2. The second-order valence-corrected chi connectivity index (χ2v) is 8.17. The van der Waals surface area contributed by atoms with Crippen molar-refractivity contribution in [3.63, 3.8) is 0 Å². The van der Waals surface area contributed by atoms with Crippen molar-refractivity contribution in [2.24, 2.45) is 0 Å². The summed E-state index contributed by atoms with van der Waals surface area (Å²) in [7, 11) is 1.56. The summed E-state index contributed by atoms with van der Waals surface area (Å²) in [5.74, 6) is 0.682. The number of carbonyl (C=O) groups excluding carboxylic acids is 2. The van der Waals surface area contributed by atoms with Crippen LogP contribution in [0.15, 0.2) is 77.2 Å². The van der Waals surface area contributed by atoms with Gasteiger partial charge in [0.1, 0.15) is 5.75 Å². The molecule has 0 bridgehead atoms. The van der Waals surface area contributed by atoms with Crippen molar-refractivity contribution >= 4 is 11.9 Å². The number of aromatic nitrogens is 2. The lowest BCUT2D eigenvalue weighted by Gasteiger charge is -2.19. The summed E-state index contributed by atoms with van der Waals surface area (Å²) in [6, 6.07) is 21.3. The molecule has 1 aromatic heterocycles. The van der Waals surface area contributed by atoms with E-state index in [4.69, 9.17) is 13.9 Å². The summed E-state index contributed by atoms with van der Waals surface area (Å²) in [5, 5.41) is 11.2. The molecule has 0 aliphatic heterocycles. The Morgan fingerprint density at radius 2 is 1.67 bits per heavy atom. The van der Waals surface area contributed by atoms with Crippen LogP contribution in [-0.4, -0.2) is 35.8 Å². The molecule has 0 aliphatic carbocycles. The molecule has 0 radical (unpaired) electrons. The summed E-state index contributed by atoms with van der Waals surface area (Å²) < 4.78 is 16.2. The molecule has 184 valence electrons. The van der Waals surface area contributed by atoms with E-state index < -0.39 is 12.0 Å². The Labute approximate surface area is 209 Å². The third-order valence-electron chi connectivity index (χ3n) is 5.56. The monoisotopic (exact) mass is 485 g/mol. The predicted octanol–water partition coefficient (Wildman–Crippen LogP) is 5.14. The van der Waals surface area contributed by atoms with Gasteiger partial charge in [-0.15, -0.1) is 10.2 Å². The maximum Gasteiger partial charge on any atom is 0.308 e. The molecule has 4 rings (SSSR count). The van der Waals surface area contributed by atoms with Crippen LogP contribution in [0.2, 0.25) is 0 Å². The molecule has 0 saturated heterocycles. The largest absolute Gasteiger partial charge is 0.497 e. The van der Waals surface area contributed by atoms with Crippen molar-refractivity contribution in [1.82, 2.24) is 15.5 Å². The zero-order chi connectivity index (χ0) is 25.5. The average Bonchev–Trinajstić information content (AvgIpc) is 3.39. The van der Waals surface area contributed by atoms with E-state index in [0.29, 0.717) is 28.7 Å². The van der Waals surface area contributed by atoms with Crippen LogP contribution in [-0.2, 0) is 9.53 Å². The molecule has 1 amide bonds. The second-order valence-electron chi connectivity index (χ2n) is 8.17. The van der Waals surface area contributed by atoms with Crippen LogP contribution in [0.4, 0.5) is 0 Å². The van der Waals surface area contributed by atoms with E-state index in [1.54, 1.807) is 50.4 Å². The highest BCUT2D eigenvalue weighted by molar-refractivity contribution is 5.95. The number of methoxy groups -OCH3 is 1. The van der Waals surface area contributed by atoms with Gasteiger partial charge in [0.05, 0.1) is 26.2 Å². The van der Waals surface area contributed by atoms with Crippen LogP contribution in [0.1, 0.15) is 40.9 Å². The lowest BCUT2D eigenvalue weighted by Crippen LogP contribution is -2.30. The first-order valence-corrected chi connectivity index (χ1v) is 11.6. The molecule has 1 atom stereocenters. The van der Waals surface area contributed by atoms with Crippen LogP contribution >= 0.6 is 0 Å². The minimum atomic E-state index is -0.584. The van der Waals surface area contributed by atoms with E-state index >= 15 is 0 Å². The third kappa shape index (κ3) is 5.96. The fraction of sp³-hybridized carbons (Fsp3) is 0.214. The molecule has 0 fully saturated rings. The average molecular weight is 486 g/mol. The summed E-state index contributed by atoms with van der Waals surface area (Å²) in [6.07, 6.45) is -0.00540. The number of benzene rings is 3. The van der Waals surface area contributed by atoms with Crippen molar-refractivity contribution < 1.29 is 23.5 Å². The van der Waals surface area contributed by atoms with Gasteiger partial charge in [0, 0.05) is 16.7 Å². The molecular formula is C28H27N3O5. The van der Waals surface area contributed by atoms with Crippen LogP contribution in [0.3, 0.4) is 0 Å². The van der Waals surface area contributed by atoms with E-state index in [9.17, 15) is 9.59 Å². The lowest BCUT2D eigenvalue weighted by atomic mass is 10.0. The number of nitrogens with zero attached hydrogens (tertiary/aromatic N) is 2. The summed E-state index contributed by atoms with van der Waals surface area (Å²) in [4.78, 5) is 25.2. The Balaban J connectivity index is 1.50. The van der Waals surface area contributed by atoms with Gasteiger partial charge in [-0.2, -0.15) is 0 Å². The first kappa shape index (κ1) is 24.7. The number of aryl methyl sites for hydroxylation is 1. The van der Waals surface area contributed by atoms with Gasteiger partial charge in [0.25, 0.3) is 5.91 Å². The lowest BCUT2D eigenvalue weighted by molar-refractivity contribution is -0.143. The van der Waals surface area contributed by atoms with Crippen molar-refractivity contribution in [2.45, 2.75) is 26.3 Å². The fourth-order valence-electron chi connectivity index (χ4n) is 3.74. The summed E-state index contributed by atoms with van der Waals surface area (Å²) >= 11 is 0. The Kier molecular flexibility index (Phi) is 7.75. The molecule has 0 spiro atoms. The quantitative estimate of drug-likeness (QED) is 0.327. The summed E-state index contributed by atoms with van der Waals surface area (Å²) in [6.45, 7) is 4.00. The molecule has 1 N–H and O–H groups in total. The Morgan fingerprint density at radius 1 is 0.944 bits per heavy atom. The number of rotatable bonds is 9. The van der Waals surface area contributed by atoms with Crippen molar-refractivity contribution in [2.75, 3.05) is 13.7 Å². The number of hydrogen-bond acceptors (Lipinski definition) is 7. The zero-order valence-corrected chi connectivity index (χ0v) is 20.4. The normalized spacial score (nSPS) is 11.5. The Bertz CT molecular complexity index is 1350. The first-order chi connectivity index (χ1) is 17.5.